The van der Waals surface area contributed by atoms with Gasteiger partial charge in [-0.05, 0) is 42.5 Å². The second-order valence-electron chi connectivity index (χ2n) is 5.07. The number of benzene rings is 3. The van der Waals surface area contributed by atoms with Gasteiger partial charge in [0.1, 0.15) is 17.3 Å². The molecule has 0 unspecified atom stereocenters. The van der Waals surface area contributed by atoms with Gasteiger partial charge in [0.05, 0.1) is 11.1 Å². The third kappa shape index (κ3) is 2.14. The van der Waals surface area contributed by atoms with E-state index >= 15 is 0 Å². The van der Waals surface area contributed by atoms with Crippen LogP contribution in [0.5, 0.6) is 11.5 Å². The first-order valence-electron chi connectivity index (χ1n) is 6.89. The molecule has 3 aromatic carbocycles. The number of hydrogen-bond acceptors (Lipinski definition) is 4. The highest BCUT2D eigenvalue weighted by atomic mass is 19.1. The second-order valence-corrected chi connectivity index (χ2v) is 5.07. The molecule has 0 atom stereocenters. The third-order valence-corrected chi connectivity index (χ3v) is 3.67. The molecule has 3 aromatic rings. The number of cyclic esters (lactones) is 2. The van der Waals surface area contributed by atoms with Gasteiger partial charge in [-0.1, -0.05) is 12.1 Å². The summed E-state index contributed by atoms with van der Waals surface area (Å²) in [7, 11) is 0. The molecule has 0 N–H and O–H groups in total. The molecule has 0 saturated heterocycles. The van der Waals surface area contributed by atoms with Crippen LogP contribution in [0.2, 0.25) is 0 Å². The Morgan fingerprint density at radius 1 is 0.826 bits per heavy atom. The van der Waals surface area contributed by atoms with Crippen molar-refractivity contribution in [2.45, 2.75) is 0 Å². The number of halogens is 1. The average molecular weight is 308 g/mol. The summed E-state index contributed by atoms with van der Waals surface area (Å²) < 4.78 is 23.5. The van der Waals surface area contributed by atoms with Crippen LogP contribution in [0.25, 0.3) is 10.8 Å². The van der Waals surface area contributed by atoms with E-state index in [2.05, 4.69) is 0 Å². The lowest BCUT2D eigenvalue weighted by molar-refractivity contribution is 0.0391. The van der Waals surface area contributed by atoms with Crippen LogP contribution >= 0.6 is 0 Å². The van der Waals surface area contributed by atoms with Crippen LogP contribution in [-0.2, 0) is 4.74 Å². The Labute approximate surface area is 130 Å². The molecule has 0 aromatic heterocycles. The second kappa shape index (κ2) is 4.91. The van der Waals surface area contributed by atoms with Gasteiger partial charge in [0, 0.05) is 10.8 Å². The molecule has 1 aliphatic heterocycles. The average Bonchev–Trinajstić information content (AvgIpc) is 2.55. The molecule has 0 spiro atoms. The van der Waals surface area contributed by atoms with Crippen LogP contribution in [-0.4, -0.2) is 11.9 Å². The molecule has 0 fully saturated rings. The number of esters is 2. The highest BCUT2D eigenvalue weighted by Gasteiger charge is 2.28. The van der Waals surface area contributed by atoms with Crippen molar-refractivity contribution < 1.29 is 23.5 Å². The van der Waals surface area contributed by atoms with Crippen LogP contribution in [0.4, 0.5) is 4.39 Å². The molecule has 0 bridgehead atoms. The molecule has 5 heteroatoms. The summed E-state index contributed by atoms with van der Waals surface area (Å²) >= 11 is 0. The van der Waals surface area contributed by atoms with Crippen LogP contribution < -0.4 is 4.74 Å². The van der Waals surface area contributed by atoms with Crippen molar-refractivity contribution in [2.24, 2.45) is 0 Å². The largest absolute Gasteiger partial charge is 0.457 e. The lowest BCUT2D eigenvalue weighted by Crippen LogP contribution is -2.19. The molecule has 0 aliphatic carbocycles. The monoisotopic (exact) mass is 308 g/mol. The van der Waals surface area contributed by atoms with Crippen LogP contribution in [0.1, 0.15) is 20.7 Å². The standard InChI is InChI=1S/C18H9FO4/c19-10-4-6-11(7-5-10)22-15-9-8-14-16-12(15)2-1-3-13(16)17(20)23-18(14)21/h1-9H. The van der Waals surface area contributed by atoms with Crippen LogP contribution in [0, 0.1) is 5.82 Å². The maximum Gasteiger partial charge on any atom is 0.346 e. The summed E-state index contributed by atoms with van der Waals surface area (Å²) in [5, 5.41) is 1.13. The Kier molecular flexibility index (Phi) is 2.87. The van der Waals surface area contributed by atoms with Crippen molar-refractivity contribution in [3.8, 4) is 11.5 Å². The quantitative estimate of drug-likeness (QED) is 0.529. The Bertz CT molecular complexity index is 940. The molecule has 4 rings (SSSR count). The zero-order valence-electron chi connectivity index (χ0n) is 11.7. The van der Waals surface area contributed by atoms with Crippen molar-refractivity contribution in [3.05, 3.63) is 71.5 Å². The summed E-state index contributed by atoms with van der Waals surface area (Å²) in [5.74, 6) is -0.779. The maximum atomic E-state index is 13.0. The number of carbonyl (C=O) groups is 2. The van der Waals surface area contributed by atoms with Crippen molar-refractivity contribution >= 4 is 22.7 Å². The predicted molar refractivity (Wildman–Crippen MR) is 80.2 cm³/mol. The van der Waals surface area contributed by atoms with E-state index in [9.17, 15) is 14.0 Å². The molecule has 0 radical (unpaired) electrons. The molecular weight excluding hydrogens is 299 g/mol. The van der Waals surface area contributed by atoms with Gasteiger partial charge in [0.25, 0.3) is 0 Å². The highest BCUT2D eigenvalue weighted by Crippen LogP contribution is 2.36. The fourth-order valence-corrected chi connectivity index (χ4v) is 2.63. The van der Waals surface area contributed by atoms with Gasteiger partial charge in [-0.2, -0.15) is 0 Å². The van der Waals surface area contributed by atoms with Crippen molar-refractivity contribution in [1.29, 1.82) is 0 Å². The van der Waals surface area contributed by atoms with E-state index in [-0.39, 0.29) is 5.82 Å². The van der Waals surface area contributed by atoms with E-state index < -0.39 is 11.9 Å². The zero-order chi connectivity index (χ0) is 16.0. The molecule has 0 amide bonds. The Morgan fingerprint density at radius 3 is 2.26 bits per heavy atom. The normalized spacial score (nSPS) is 13.1. The fraction of sp³-hybridized carbons (Fsp3) is 0. The van der Waals surface area contributed by atoms with E-state index in [1.165, 1.54) is 24.3 Å². The lowest BCUT2D eigenvalue weighted by Gasteiger charge is -2.17. The van der Waals surface area contributed by atoms with Gasteiger partial charge in [-0.3, -0.25) is 0 Å². The number of ether oxygens (including phenoxy) is 2. The first-order valence-corrected chi connectivity index (χ1v) is 6.89. The SMILES string of the molecule is O=C1OC(=O)c2ccc(Oc3ccc(F)cc3)c3cccc1c23. The van der Waals surface area contributed by atoms with E-state index in [0.717, 1.165) is 0 Å². The molecular formula is C18H9FO4. The zero-order valence-corrected chi connectivity index (χ0v) is 11.7. The molecule has 0 saturated carbocycles. The van der Waals surface area contributed by atoms with Gasteiger partial charge in [-0.15, -0.1) is 0 Å². The Hall–Kier alpha value is -3.21. The summed E-state index contributed by atoms with van der Waals surface area (Å²) in [6.45, 7) is 0. The highest BCUT2D eigenvalue weighted by molar-refractivity contribution is 6.21. The lowest BCUT2D eigenvalue weighted by atomic mass is 9.96. The molecule has 112 valence electrons. The minimum absolute atomic E-state index is 0.321. The van der Waals surface area contributed by atoms with E-state index in [0.29, 0.717) is 33.4 Å². The van der Waals surface area contributed by atoms with E-state index in [1.54, 1.807) is 30.3 Å². The first-order chi connectivity index (χ1) is 11.1. The third-order valence-electron chi connectivity index (χ3n) is 3.67. The minimum Gasteiger partial charge on any atom is -0.457 e. The number of carbonyl (C=O) groups excluding carboxylic acids is 2. The predicted octanol–water partition coefficient (Wildman–Crippen LogP) is 4.08. The Morgan fingerprint density at radius 2 is 1.52 bits per heavy atom. The van der Waals surface area contributed by atoms with Crippen molar-refractivity contribution in [2.75, 3.05) is 0 Å². The topological polar surface area (TPSA) is 52.6 Å². The summed E-state index contributed by atoms with van der Waals surface area (Å²) in [4.78, 5) is 23.7. The maximum absolute atomic E-state index is 13.0. The minimum atomic E-state index is -0.674. The van der Waals surface area contributed by atoms with Crippen molar-refractivity contribution in [3.63, 3.8) is 0 Å². The Balaban J connectivity index is 1.90. The van der Waals surface area contributed by atoms with Crippen LogP contribution in [0.3, 0.4) is 0 Å². The molecule has 4 nitrogen and oxygen atoms in total. The van der Waals surface area contributed by atoms with Gasteiger partial charge in [-0.25, -0.2) is 14.0 Å². The van der Waals surface area contributed by atoms with Crippen LogP contribution in [0.15, 0.2) is 54.6 Å². The molecule has 1 heterocycles. The van der Waals surface area contributed by atoms with Gasteiger partial charge in [0.15, 0.2) is 0 Å². The summed E-state index contributed by atoms with van der Waals surface area (Å²) in [5.41, 5.74) is 0.642. The summed E-state index contributed by atoms with van der Waals surface area (Å²) in [6.07, 6.45) is 0. The van der Waals surface area contributed by atoms with Gasteiger partial charge < -0.3 is 9.47 Å². The number of rotatable bonds is 2. The van der Waals surface area contributed by atoms with Gasteiger partial charge >= 0.3 is 11.9 Å². The fourth-order valence-electron chi connectivity index (χ4n) is 2.63. The van der Waals surface area contributed by atoms with E-state index in [1.807, 2.05) is 0 Å². The van der Waals surface area contributed by atoms with Crippen molar-refractivity contribution in [1.82, 2.24) is 0 Å². The smallest absolute Gasteiger partial charge is 0.346 e. The number of hydrogen-bond donors (Lipinski definition) is 0. The molecule has 23 heavy (non-hydrogen) atoms. The summed E-state index contributed by atoms with van der Waals surface area (Å²) in [6, 6.07) is 13.8. The van der Waals surface area contributed by atoms with Gasteiger partial charge in [0.2, 0.25) is 0 Å². The molecule has 1 aliphatic rings. The van der Waals surface area contributed by atoms with E-state index in [4.69, 9.17) is 9.47 Å². The first kappa shape index (κ1) is 13.5.